The van der Waals surface area contributed by atoms with Crippen molar-refractivity contribution in [2.24, 2.45) is 5.73 Å². The number of nitrogens with one attached hydrogen (secondary N) is 1. The smallest absolute Gasteiger partial charge is 0.0921 e. The highest BCUT2D eigenvalue weighted by Crippen LogP contribution is 2.24. The average Bonchev–Trinajstić information content (AvgIpc) is 2.35. The molecule has 0 spiro atoms. The fourth-order valence-corrected chi connectivity index (χ4v) is 2.25. The second-order valence-corrected chi connectivity index (χ2v) is 5.12. The van der Waals surface area contributed by atoms with E-state index in [4.69, 9.17) is 22.7 Å². The quantitative estimate of drug-likeness (QED) is 0.613. The summed E-state index contributed by atoms with van der Waals surface area (Å²) >= 11 is 5.90. The third-order valence-corrected chi connectivity index (χ3v) is 3.72. The van der Waals surface area contributed by atoms with Crippen molar-refractivity contribution in [3.63, 3.8) is 0 Å². The van der Waals surface area contributed by atoms with Gasteiger partial charge < -0.3 is 5.73 Å². The molecule has 18 heavy (non-hydrogen) atoms. The van der Waals surface area contributed by atoms with Crippen LogP contribution in [-0.2, 0) is 0 Å². The van der Waals surface area contributed by atoms with Gasteiger partial charge in [0.2, 0.25) is 0 Å². The van der Waals surface area contributed by atoms with Crippen molar-refractivity contribution < 1.29 is 0 Å². The van der Waals surface area contributed by atoms with Crippen molar-refractivity contribution in [2.45, 2.75) is 38.8 Å². The zero-order valence-corrected chi connectivity index (χ0v) is 12.0. The van der Waals surface area contributed by atoms with Gasteiger partial charge in [0.05, 0.1) is 5.84 Å². The molecule has 3 nitrogen and oxygen atoms in total. The zero-order valence-electron chi connectivity index (χ0n) is 11.3. The van der Waals surface area contributed by atoms with Gasteiger partial charge >= 0.3 is 0 Å². The van der Waals surface area contributed by atoms with Crippen molar-refractivity contribution >= 4 is 17.4 Å². The standard InChI is InChI=1S/C14H22ClN3/c1-4-13(9-14(16)17)18(3)10(2)11-5-7-12(15)8-6-11/h5-8,10,13H,4,9H2,1-3H3,(H3,16,17). The van der Waals surface area contributed by atoms with E-state index in [-0.39, 0.29) is 11.9 Å². The molecular weight excluding hydrogens is 246 g/mol. The maximum atomic E-state index is 7.43. The van der Waals surface area contributed by atoms with Crippen LogP contribution in [0.3, 0.4) is 0 Å². The molecule has 3 N–H and O–H groups in total. The van der Waals surface area contributed by atoms with Gasteiger partial charge in [-0.25, -0.2) is 0 Å². The highest BCUT2D eigenvalue weighted by atomic mass is 35.5. The Labute approximate surface area is 114 Å². The SMILES string of the molecule is CCC(CC(=N)N)N(C)C(C)c1ccc(Cl)cc1. The first-order valence-electron chi connectivity index (χ1n) is 6.26. The summed E-state index contributed by atoms with van der Waals surface area (Å²) < 4.78 is 0. The summed E-state index contributed by atoms with van der Waals surface area (Å²) in [6.45, 7) is 4.28. The van der Waals surface area contributed by atoms with Crippen LogP contribution in [0.25, 0.3) is 0 Å². The summed E-state index contributed by atoms with van der Waals surface area (Å²) in [6, 6.07) is 8.49. The van der Waals surface area contributed by atoms with Crippen LogP contribution in [-0.4, -0.2) is 23.8 Å². The number of rotatable bonds is 6. The lowest BCUT2D eigenvalue weighted by molar-refractivity contribution is 0.183. The number of benzene rings is 1. The van der Waals surface area contributed by atoms with E-state index in [1.165, 1.54) is 5.56 Å². The molecular formula is C14H22ClN3. The lowest BCUT2D eigenvalue weighted by Crippen LogP contribution is -2.36. The van der Waals surface area contributed by atoms with Crippen LogP contribution in [0.1, 0.15) is 38.3 Å². The van der Waals surface area contributed by atoms with Crippen LogP contribution in [0.2, 0.25) is 5.02 Å². The van der Waals surface area contributed by atoms with Crippen LogP contribution in [0.5, 0.6) is 0 Å². The van der Waals surface area contributed by atoms with Crippen molar-refractivity contribution in [3.05, 3.63) is 34.9 Å². The number of hydrogen-bond donors (Lipinski definition) is 2. The molecule has 4 heteroatoms. The number of nitrogens with zero attached hydrogens (tertiary/aromatic N) is 1. The Balaban J connectivity index is 2.78. The molecule has 1 aromatic carbocycles. The van der Waals surface area contributed by atoms with Crippen molar-refractivity contribution in [1.82, 2.24) is 4.90 Å². The van der Waals surface area contributed by atoms with Crippen molar-refractivity contribution in [3.8, 4) is 0 Å². The first-order valence-corrected chi connectivity index (χ1v) is 6.63. The first kappa shape index (κ1) is 15.0. The van der Waals surface area contributed by atoms with Gasteiger partial charge in [0.15, 0.2) is 0 Å². The number of hydrogen-bond acceptors (Lipinski definition) is 2. The van der Waals surface area contributed by atoms with Gasteiger partial charge in [-0.2, -0.15) is 0 Å². The van der Waals surface area contributed by atoms with E-state index in [1.54, 1.807) is 0 Å². The summed E-state index contributed by atoms with van der Waals surface area (Å²) in [4.78, 5) is 2.27. The Morgan fingerprint density at radius 2 is 1.94 bits per heavy atom. The number of amidine groups is 1. The van der Waals surface area contributed by atoms with Gasteiger partial charge in [-0.1, -0.05) is 30.7 Å². The van der Waals surface area contributed by atoms with Gasteiger partial charge in [0.25, 0.3) is 0 Å². The Hall–Kier alpha value is -1.06. The third-order valence-electron chi connectivity index (χ3n) is 3.47. The highest BCUT2D eigenvalue weighted by Gasteiger charge is 2.20. The predicted octanol–water partition coefficient (Wildman–Crippen LogP) is 3.44. The summed E-state index contributed by atoms with van der Waals surface area (Å²) in [5.41, 5.74) is 6.73. The summed E-state index contributed by atoms with van der Waals surface area (Å²) in [5.74, 6) is 0.247. The minimum Gasteiger partial charge on any atom is -0.388 e. The van der Waals surface area contributed by atoms with E-state index in [9.17, 15) is 0 Å². The average molecular weight is 268 g/mol. The van der Waals surface area contributed by atoms with E-state index in [0.717, 1.165) is 11.4 Å². The summed E-state index contributed by atoms with van der Waals surface area (Å²) in [6.07, 6.45) is 1.60. The minimum absolute atomic E-state index is 0.247. The number of nitrogens with two attached hydrogens (primary N) is 1. The third kappa shape index (κ3) is 4.00. The molecule has 0 amide bonds. The largest absolute Gasteiger partial charge is 0.388 e. The first-order chi connectivity index (χ1) is 8.45. The fraction of sp³-hybridized carbons (Fsp3) is 0.500. The molecule has 2 atom stereocenters. The Morgan fingerprint density at radius 1 is 1.39 bits per heavy atom. The van der Waals surface area contributed by atoms with E-state index >= 15 is 0 Å². The van der Waals surface area contributed by atoms with E-state index < -0.39 is 0 Å². The summed E-state index contributed by atoms with van der Waals surface area (Å²) in [7, 11) is 2.08. The van der Waals surface area contributed by atoms with Crippen LogP contribution in [0, 0.1) is 5.41 Å². The molecule has 0 saturated heterocycles. The van der Waals surface area contributed by atoms with E-state index in [0.29, 0.717) is 12.5 Å². The monoisotopic (exact) mass is 267 g/mol. The molecule has 0 bridgehead atoms. The van der Waals surface area contributed by atoms with Crippen molar-refractivity contribution in [1.29, 1.82) is 5.41 Å². The minimum atomic E-state index is 0.247. The topological polar surface area (TPSA) is 53.1 Å². The maximum Gasteiger partial charge on any atom is 0.0921 e. The molecule has 0 heterocycles. The Bertz CT molecular complexity index is 389. The van der Waals surface area contributed by atoms with Crippen LogP contribution >= 0.6 is 11.6 Å². The van der Waals surface area contributed by atoms with Crippen LogP contribution < -0.4 is 5.73 Å². The molecule has 100 valence electrons. The molecule has 0 radical (unpaired) electrons. The Kier molecular flexibility index (Phi) is 5.63. The number of halogens is 1. The molecule has 0 aliphatic heterocycles. The van der Waals surface area contributed by atoms with Gasteiger partial charge in [0, 0.05) is 23.5 Å². The molecule has 0 fully saturated rings. The highest BCUT2D eigenvalue weighted by molar-refractivity contribution is 6.30. The predicted molar refractivity (Wildman–Crippen MR) is 78.2 cm³/mol. The van der Waals surface area contributed by atoms with Gasteiger partial charge in [0.1, 0.15) is 0 Å². The maximum absolute atomic E-state index is 7.43. The molecule has 1 aromatic rings. The second-order valence-electron chi connectivity index (χ2n) is 4.68. The normalized spacial score (nSPS) is 14.5. The van der Waals surface area contributed by atoms with E-state index in [2.05, 4.69) is 25.8 Å². The van der Waals surface area contributed by atoms with Crippen LogP contribution in [0.15, 0.2) is 24.3 Å². The van der Waals surface area contributed by atoms with Crippen molar-refractivity contribution in [2.75, 3.05) is 7.05 Å². The van der Waals surface area contributed by atoms with Gasteiger partial charge in [-0.15, -0.1) is 0 Å². The molecule has 2 unspecified atom stereocenters. The lowest BCUT2D eigenvalue weighted by Gasteiger charge is -2.32. The molecule has 0 aromatic heterocycles. The van der Waals surface area contributed by atoms with E-state index in [1.807, 2.05) is 24.3 Å². The zero-order chi connectivity index (χ0) is 13.7. The van der Waals surface area contributed by atoms with Crippen LogP contribution in [0.4, 0.5) is 0 Å². The van der Waals surface area contributed by atoms with Gasteiger partial charge in [-0.05, 0) is 38.1 Å². The lowest BCUT2D eigenvalue weighted by atomic mass is 10.0. The Morgan fingerprint density at radius 3 is 2.39 bits per heavy atom. The molecule has 1 rings (SSSR count). The fourth-order valence-electron chi connectivity index (χ4n) is 2.12. The molecule has 0 saturated carbocycles. The summed E-state index contributed by atoms with van der Waals surface area (Å²) in [5, 5.41) is 8.18. The molecule has 0 aliphatic rings. The second kappa shape index (κ2) is 6.76. The molecule has 0 aliphatic carbocycles. The van der Waals surface area contributed by atoms with Gasteiger partial charge in [-0.3, -0.25) is 10.3 Å².